The van der Waals surface area contributed by atoms with Crippen LogP contribution in [-0.4, -0.2) is 53.1 Å². The van der Waals surface area contributed by atoms with Crippen LogP contribution in [-0.2, 0) is 4.74 Å². The summed E-state index contributed by atoms with van der Waals surface area (Å²) >= 11 is 5.14. The summed E-state index contributed by atoms with van der Waals surface area (Å²) in [6, 6.07) is 10.0. The first-order valence-electron chi connectivity index (χ1n) is 9.05. The van der Waals surface area contributed by atoms with Crippen molar-refractivity contribution in [1.29, 1.82) is 0 Å². The molecular formula is C20H24N4O3S. The number of thiocarbonyl (C=S) groups is 1. The number of benzene rings is 1. The van der Waals surface area contributed by atoms with Gasteiger partial charge in [0.05, 0.1) is 11.1 Å². The van der Waals surface area contributed by atoms with E-state index in [1.54, 1.807) is 42.6 Å². The molecule has 1 heterocycles. The topological polar surface area (TPSA) is 83.6 Å². The Morgan fingerprint density at radius 3 is 2.43 bits per heavy atom. The third-order valence-corrected chi connectivity index (χ3v) is 4.27. The normalized spacial score (nSPS) is 10.4. The van der Waals surface area contributed by atoms with Crippen LogP contribution in [0.1, 0.15) is 34.6 Å². The number of nitrogens with zero attached hydrogens (tertiary/aromatic N) is 2. The van der Waals surface area contributed by atoms with Crippen molar-refractivity contribution in [2.75, 3.05) is 31.6 Å². The first kappa shape index (κ1) is 21.5. The molecule has 1 aromatic carbocycles. The molecule has 0 spiro atoms. The van der Waals surface area contributed by atoms with E-state index >= 15 is 0 Å². The number of hydrogen-bond acceptors (Lipinski definition) is 6. The Morgan fingerprint density at radius 2 is 1.82 bits per heavy atom. The molecule has 7 nitrogen and oxygen atoms in total. The van der Waals surface area contributed by atoms with Gasteiger partial charge in [-0.05, 0) is 61.7 Å². The molecule has 148 valence electrons. The second-order valence-corrected chi connectivity index (χ2v) is 6.30. The van der Waals surface area contributed by atoms with Crippen molar-refractivity contribution in [1.82, 2.24) is 15.2 Å². The van der Waals surface area contributed by atoms with Crippen LogP contribution in [0.15, 0.2) is 48.8 Å². The molecule has 8 heteroatoms. The lowest BCUT2D eigenvalue weighted by Crippen LogP contribution is -2.34. The Balaban J connectivity index is 1.82. The average molecular weight is 401 g/mol. The van der Waals surface area contributed by atoms with Crippen LogP contribution >= 0.6 is 12.2 Å². The molecule has 0 aliphatic heterocycles. The van der Waals surface area contributed by atoms with Crippen LogP contribution in [0.25, 0.3) is 0 Å². The number of aromatic nitrogens is 1. The van der Waals surface area contributed by atoms with E-state index in [0.717, 1.165) is 13.1 Å². The summed E-state index contributed by atoms with van der Waals surface area (Å²) in [7, 11) is 0. The zero-order valence-corrected chi connectivity index (χ0v) is 16.8. The average Bonchev–Trinajstić information content (AvgIpc) is 2.72. The Bertz CT molecular complexity index is 793. The van der Waals surface area contributed by atoms with Gasteiger partial charge in [-0.15, -0.1) is 0 Å². The number of rotatable bonds is 8. The summed E-state index contributed by atoms with van der Waals surface area (Å²) in [6.45, 7) is 7.05. The van der Waals surface area contributed by atoms with E-state index in [1.807, 2.05) is 0 Å². The molecule has 0 aliphatic carbocycles. The number of pyridine rings is 1. The standard InChI is InChI=1S/C20H24N4O3S/c1-3-24(4-2)12-13-27-19(26)15-7-9-17(10-8-15)22-20(28)23-18(25)16-6-5-11-21-14-16/h5-11,14H,3-4,12-13H2,1-2H3,(H2,22,23,25,28). The maximum atomic E-state index is 12.1. The van der Waals surface area contributed by atoms with E-state index in [4.69, 9.17) is 17.0 Å². The fraction of sp³-hybridized carbons (Fsp3) is 0.300. The van der Waals surface area contributed by atoms with Crippen LogP contribution in [0.4, 0.5) is 5.69 Å². The van der Waals surface area contributed by atoms with E-state index in [2.05, 4.69) is 34.4 Å². The Labute approximate surface area is 170 Å². The van der Waals surface area contributed by atoms with Crippen molar-refractivity contribution in [2.24, 2.45) is 0 Å². The number of esters is 1. The molecule has 1 aromatic heterocycles. The SMILES string of the molecule is CCN(CC)CCOC(=O)c1ccc(NC(=S)NC(=O)c2cccnc2)cc1. The number of hydrogen-bond donors (Lipinski definition) is 2. The number of nitrogens with one attached hydrogen (secondary N) is 2. The van der Waals surface area contributed by atoms with Gasteiger partial charge in [0, 0.05) is 24.6 Å². The van der Waals surface area contributed by atoms with Crippen molar-refractivity contribution >= 4 is 34.9 Å². The van der Waals surface area contributed by atoms with Gasteiger partial charge in [0.15, 0.2) is 5.11 Å². The van der Waals surface area contributed by atoms with Gasteiger partial charge >= 0.3 is 5.97 Å². The van der Waals surface area contributed by atoms with Crippen LogP contribution < -0.4 is 10.6 Å². The third kappa shape index (κ3) is 6.71. The van der Waals surface area contributed by atoms with Gasteiger partial charge in [-0.2, -0.15) is 0 Å². The number of amides is 1. The van der Waals surface area contributed by atoms with Gasteiger partial charge in [-0.3, -0.25) is 15.1 Å². The first-order chi connectivity index (χ1) is 13.5. The van der Waals surface area contributed by atoms with Crippen molar-refractivity contribution in [3.8, 4) is 0 Å². The van der Waals surface area contributed by atoms with Gasteiger partial charge in [0.25, 0.3) is 5.91 Å². The van der Waals surface area contributed by atoms with Crippen molar-refractivity contribution in [2.45, 2.75) is 13.8 Å². The molecule has 0 unspecified atom stereocenters. The molecular weight excluding hydrogens is 376 g/mol. The van der Waals surface area contributed by atoms with E-state index in [1.165, 1.54) is 6.20 Å². The highest BCUT2D eigenvalue weighted by molar-refractivity contribution is 7.80. The summed E-state index contributed by atoms with van der Waals surface area (Å²) in [5.74, 6) is -0.717. The zero-order valence-electron chi connectivity index (χ0n) is 16.0. The highest BCUT2D eigenvalue weighted by Crippen LogP contribution is 2.11. The second kappa shape index (κ2) is 11.1. The fourth-order valence-electron chi connectivity index (χ4n) is 2.41. The highest BCUT2D eigenvalue weighted by atomic mass is 32.1. The maximum Gasteiger partial charge on any atom is 0.338 e. The number of carbonyl (C=O) groups excluding carboxylic acids is 2. The van der Waals surface area contributed by atoms with Gasteiger partial charge in [0.2, 0.25) is 0 Å². The van der Waals surface area contributed by atoms with Crippen LogP contribution in [0.3, 0.4) is 0 Å². The van der Waals surface area contributed by atoms with Gasteiger partial charge in [-0.25, -0.2) is 4.79 Å². The lowest BCUT2D eigenvalue weighted by molar-refractivity contribution is 0.0466. The smallest absolute Gasteiger partial charge is 0.338 e. The minimum atomic E-state index is -0.369. The van der Waals surface area contributed by atoms with Crippen LogP contribution in [0, 0.1) is 0 Å². The second-order valence-electron chi connectivity index (χ2n) is 5.89. The molecule has 0 bridgehead atoms. The zero-order chi connectivity index (χ0) is 20.4. The molecule has 28 heavy (non-hydrogen) atoms. The quantitative estimate of drug-likeness (QED) is 0.521. The number of carbonyl (C=O) groups is 2. The van der Waals surface area contributed by atoms with Gasteiger partial charge < -0.3 is 15.0 Å². The maximum absolute atomic E-state index is 12.1. The van der Waals surface area contributed by atoms with Crippen LogP contribution in [0.5, 0.6) is 0 Å². The minimum absolute atomic E-state index is 0.156. The Morgan fingerprint density at radius 1 is 1.11 bits per heavy atom. The molecule has 2 rings (SSSR count). The van der Waals surface area contributed by atoms with E-state index in [9.17, 15) is 9.59 Å². The van der Waals surface area contributed by atoms with Gasteiger partial charge in [0.1, 0.15) is 6.61 Å². The number of likely N-dealkylation sites (N-methyl/N-ethyl adjacent to an activating group) is 1. The Hall–Kier alpha value is -2.84. The summed E-state index contributed by atoms with van der Waals surface area (Å²) < 4.78 is 5.30. The number of anilines is 1. The summed E-state index contributed by atoms with van der Waals surface area (Å²) in [6.07, 6.45) is 3.04. The molecule has 0 saturated heterocycles. The predicted molar refractivity (Wildman–Crippen MR) is 112 cm³/mol. The van der Waals surface area contributed by atoms with Crippen molar-refractivity contribution in [3.63, 3.8) is 0 Å². The van der Waals surface area contributed by atoms with Crippen molar-refractivity contribution in [3.05, 3.63) is 59.9 Å². The number of ether oxygens (including phenoxy) is 1. The molecule has 1 amide bonds. The highest BCUT2D eigenvalue weighted by Gasteiger charge is 2.10. The minimum Gasteiger partial charge on any atom is -0.461 e. The molecule has 2 aromatic rings. The largest absolute Gasteiger partial charge is 0.461 e. The molecule has 0 aliphatic rings. The van der Waals surface area contributed by atoms with E-state index < -0.39 is 0 Å². The molecule has 2 N–H and O–H groups in total. The van der Waals surface area contributed by atoms with E-state index in [0.29, 0.717) is 30.0 Å². The predicted octanol–water partition coefficient (Wildman–Crippen LogP) is 2.71. The lowest BCUT2D eigenvalue weighted by Gasteiger charge is -2.17. The van der Waals surface area contributed by atoms with Crippen LogP contribution in [0.2, 0.25) is 0 Å². The van der Waals surface area contributed by atoms with Gasteiger partial charge in [-0.1, -0.05) is 13.8 Å². The summed E-state index contributed by atoms with van der Waals surface area (Å²) in [5, 5.41) is 5.63. The van der Waals surface area contributed by atoms with Crippen molar-refractivity contribution < 1.29 is 14.3 Å². The lowest BCUT2D eigenvalue weighted by atomic mass is 10.2. The third-order valence-electron chi connectivity index (χ3n) is 4.06. The molecule has 0 fully saturated rings. The fourth-order valence-corrected chi connectivity index (χ4v) is 2.63. The molecule has 0 saturated carbocycles. The van der Waals surface area contributed by atoms with E-state index in [-0.39, 0.29) is 17.0 Å². The molecule has 0 atom stereocenters. The Kier molecular flexibility index (Phi) is 8.51. The molecule has 0 radical (unpaired) electrons. The summed E-state index contributed by atoms with van der Waals surface area (Å²) in [4.78, 5) is 30.2. The monoisotopic (exact) mass is 400 g/mol. The summed E-state index contributed by atoms with van der Waals surface area (Å²) in [5.41, 5.74) is 1.51. The first-order valence-corrected chi connectivity index (χ1v) is 9.46.